The molecule has 7 heteroatoms. The molecule has 76 valence electrons. The van der Waals surface area contributed by atoms with Gasteiger partial charge in [0.05, 0.1) is 4.45 Å². The van der Waals surface area contributed by atoms with E-state index in [1.54, 1.807) is 0 Å². The SMILES string of the molecule is O=C([S-])Sc1ccc(C(F)(F)F)nc1. The Morgan fingerprint density at radius 1 is 1.43 bits per heavy atom. The Labute approximate surface area is 87.3 Å². The Hall–Kier alpha value is -0.820. The minimum atomic E-state index is -4.46. The molecule has 0 N–H and O–H groups in total. The molecule has 1 aromatic heterocycles. The molecule has 1 aromatic rings. The van der Waals surface area contributed by atoms with Crippen molar-refractivity contribution in [2.45, 2.75) is 11.1 Å². The van der Waals surface area contributed by atoms with Gasteiger partial charge >= 0.3 is 6.18 Å². The fraction of sp³-hybridized carbons (Fsp3) is 0.143. The van der Waals surface area contributed by atoms with Crippen molar-refractivity contribution in [3.63, 3.8) is 0 Å². The number of hydrogen-bond acceptors (Lipinski definition) is 4. The smallest absolute Gasteiger partial charge is 0.433 e. The van der Waals surface area contributed by atoms with E-state index in [-0.39, 0.29) is 0 Å². The summed E-state index contributed by atoms with van der Waals surface area (Å²) in [7, 11) is 0. The highest BCUT2D eigenvalue weighted by Gasteiger charge is 2.31. The van der Waals surface area contributed by atoms with Gasteiger partial charge in [-0.2, -0.15) is 13.2 Å². The van der Waals surface area contributed by atoms with E-state index in [2.05, 4.69) is 17.6 Å². The first-order chi connectivity index (χ1) is 6.39. The van der Waals surface area contributed by atoms with Crippen LogP contribution in [0.15, 0.2) is 23.2 Å². The summed E-state index contributed by atoms with van der Waals surface area (Å²) in [5.41, 5.74) is -0.987. The monoisotopic (exact) mass is 238 g/mol. The maximum Gasteiger partial charge on any atom is 0.433 e. The molecule has 0 atom stereocenters. The first-order valence-electron chi connectivity index (χ1n) is 3.31. The number of carbonyl (C=O) groups is 1. The summed E-state index contributed by atoms with van der Waals surface area (Å²) in [5.74, 6) is 0. The molecule has 14 heavy (non-hydrogen) atoms. The van der Waals surface area contributed by atoms with Gasteiger partial charge in [-0.3, -0.25) is 4.98 Å². The van der Waals surface area contributed by atoms with Crippen molar-refractivity contribution in [3.05, 3.63) is 24.0 Å². The van der Waals surface area contributed by atoms with Gasteiger partial charge in [-0.15, -0.1) is 0 Å². The molecule has 0 bridgehead atoms. The van der Waals surface area contributed by atoms with Gasteiger partial charge in [0.2, 0.25) is 0 Å². The van der Waals surface area contributed by atoms with Crippen LogP contribution in [0.2, 0.25) is 0 Å². The van der Waals surface area contributed by atoms with Crippen LogP contribution < -0.4 is 0 Å². The molecule has 0 saturated carbocycles. The normalized spacial score (nSPS) is 11.4. The quantitative estimate of drug-likeness (QED) is 0.556. The van der Waals surface area contributed by atoms with Crippen molar-refractivity contribution in [2.75, 3.05) is 0 Å². The predicted molar refractivity (Wildman–Crippen MR) is 47.9 cm³/mol. The van der Waals surface area contributed by atoms with Gasteiger partial charge in [-0.05, 0) is 12.1 Å². The molecule has 0 aliphatic heterocycles. The first kappa shape index (κ1) is 11.3. The van der Waals surface area contributed by atoms with Crippen LogP contribution in [0.5, 0.6) is 0 Å². The van der Waals surface area contributed by atoms with E-state index in [4.69, 9.17) is 0 Å². The zero-order valence-electron chi connectivity index (χ0n) is 6.54. The van der Waals surface area contributed by atoms with E-state index >= 15 is 0 Å². The largest absolute Gasteiger partial charge is 0.730 e. The topological polar surface area (TPSA) is 30.0 Å². The molecule has 1 rings (SSSR count). The van der Waals surface area contributed by atoms with Crippen molar-refractivity contribution in [2.24, 2.45) is 0 Å². The summed E-state index contributed by atoms with van der Waals surface area (Å²) >= 11 is 4.91. The minimum Gasteiger partial charge on any atom is -0.730 e. The maximum atomic E-state index is 12.0. The van der Waals surface area contributed by atoms with Gasteiger partial charge in [-0.1, -0.05) is 11.8 Å². The molecule has 0 spiro atoms. The number of carbonyl (C=O) groups excluding carboxylic acids is 1. The van der Waals surface area contributed by atoms with Crippen LogP contribution in [-0.2, 0) is 18.8 Å². The van der Waals surface area contributed by atoms with Crippen molar-refractivity contribution in [1.82, 2.24) is 4.98 Å². The van der Waals surface area contributed by atoms with E-state index in [1.165, 1.54) is 0 Å². The standard InChI is InChI=1S/C7H4F3NOS2/c8-7(9,10)5-2-1-4(3-11-5)14-6(12)13/h1-3H,(H,12,13)/p-1. The molecule has 1 heterocycles. The zero-order chi connectivity index (χ0) is 10.8. The second kappa shape index (κ2) is 4.14. The van der Waals surface area contributed by atoms with Gasteiger partial charge in [0.25, 0.3) is 0 Å². The Morgan fingerprint density at radius 2 is 2.07 bits per heavy atom. The van der Waals surface area contributed by atoms with E-state index < -0.39 is 16.3 Å². The van der Waals surface area contributed by atoms with Crippen LogP contribution in [-0.4, -0.2) is 9.43 Å². The molecule has 0 radical (unpaired) electrons. The molecule has 0 aromatic carbocycles. The van der Waals surface area contributed by atoms with E-state index in [0.29, 0.717) is 16.7 Å². The van der Waals surface area contributed by atoms with Gasteiger partial charge in [0, 0.05) is 11.1 Å². The number of halogens is 3. The van der Waals surface area contributed by atoms with Gasteiger partial charge in [-0.25, -0.2) is 0 Å². The van der Waals surface area contributed by atoms with Crippen molar-refractivity contribution >= 4 is 28.8 Å². The van der Waals surface area contributed by atoms with Crippen LogP contribution in [0, 0.1) is 0 Å². The number of alkyl halides is 3. The fourth-order valence-electron chi connectivity index (χ4n) is 0.705. The average molecular weight is 238 g/mol. The second-order valence-corrected chi connectivity index (χ2v) is 3.90. The number of thioether (sulfide) groups is 1. The third-order valence-corrected chi connectivity index (χ3v) is 2.12. The summed E-state index contributed by atoms with van der Waals surface area (Å²) in [5, 5.41) is 0. The molecule has 0 fully saturated rings. The molecule has 0 unspecified atom stereocenters. The summed E-state index contributed by atoms with van der Waals surface area (Å²) in [6.07, 6.45) is -3.49. The summed E-state index contributed by atoms with van der Waals surface area (Å²) in [6, 6.07) is 1.96. The Bertz CT molecular complexity index is 336. The lowest BCUT2D eigenvalue weighted by atomic mass is 10.3. The third kappa shape index (κ3) is 3.15. The van der Waals surface area contributed by atoms with Gasteiger partial charge in [0.1, 0.15) is 5.69 Å². The third-order valence-electron chi connectivity index (χ3n) is 1.23. The minimum absolute atomic E-state index is 0.304. The summed E-state index contributed by atoms with van der Waals surface area (Å²) in [6.45, 7) is 0. The van der Waals surface area contributed by atoms with Crippen LogP contribution in [0.25, 0.3) is 0 Å². The lowest BCUT2D eigenvalue weighted by Crippen LogP contribution is -2.07. The average Bonchev–Trinajstić information content (AvgIpc) is 2.02. The molecule has 0 amide bonds. The van der Waals surface area contributed by atoms with Crippen LogP contribution >= 0.6 is 11.8 Å². The highest BCUT2D eigenvalue weighted by atomic mass is 32.2. The molecular weight excluding hydrogens is 235 g/mol. The van der Waals surface area contributed by atoms with Crippen molar-refractivity contribution in [1.29, 1.82) is 0 Å². The number of rotatable bonds is 1. The van der Waals surface area contributed by atoms with E-state index in [1.807, 2.05) is 0 Å². The van der Waals surface area contributed by atoms with Gasteiger partial charge < -0.3 is 17.4 Å². The highest BCUT2D eigenvalue weighted by molar-refractivity contribution is 8.26. The summed E-state index contributed by atoms with van der Waals surface area (Å²) in [4.78, 5) is 13.9. The maximum absolute atomic E-state index is 12.0. The van der Waals surface area contributed by atoms with Crippen LogP contribution in [0.4, 0.5) is 18.0 Å². The Kier molecular flexibility index (Phi) is 3.33. The Balaban J connectivity index is 2.84. The molecule has 0 aliphatic carbocycles. The molecule has 0 aliphatic rings. The number of aromatic nitrogens is 1. The second-order valence-electron chi connectivity index (χ2n) is 2.23. The number of nitrogens with zero attached hydrogens (tertiary/aromatic N) is 1. The zero-order valence-corrected chi connectivity index (χ0v) is 8.17. The van der Waals surface area contributed by atoms with E-state index in [9.17, 15) is 18.0 Å². The van der Waals surface area contributed by atoms with E-state index in [0.717, 1.165) is 18.3 Å². The first-order valence-corrected chi connectivity index (χ1v) is 4.54. The predicted octanol–water partition coefficient (Wildman–Crippen LogP) is 2.86. The van der Waals surface area contributed by atoms with Crippen LogP contribution in [0.1, 0.15) is 5.69 Å². The molecule has 0 saturated heterocycles. The Morgan fingerprint density at radius 3 is 2.43 bits per heavy atom. The van der Waals surface area contributed by atoms with Crippen molar-refractivity contribution < 1.29 is 18.0 Å². The molecular formula is C7H3F3NOS2-. The number of hydrogen-bond donors (Lipinski definition) is 0. The lowest BCUT2D eigenvalue weighted by Gasteiger charge is -2.06. The summed E-state index contributed by atoms with van der Waals surface area (Å²) < 4.78 is 35.5. The molecule has 2 nitrogen and oxygen atoms in total. The van der Waals surface area contributed by atoms with Crippen LogP contribution in [0.3, 0.4) is 0 Å². The van der Waals surface area contributed by atoms with Gasteiger partial charge in [0.15, 0.2) is 0 Å². The number of pyridine rings is 1. The highest BCUT2D eigenvalue weighted by Crippen LogP contribution is 2.28. The van der Waals surface area contributed by atoms with Crippen molar-refractivity contribution in [3.8, 4) is 0 Å². The fourth-order valence-corrected chi connectivity index (χ4v) is 1.43. The lowest BCUT2D eigenvalue weighted by molar-refractivity contribution is -0.141.